The number of carboxylic acids is 1. The number of thioether (sulfide) groups is 1. The molecule has 1 aromatic carbocycles. The zero-order valence-corrected chi connectivity index (χ0v) is 19.6. The van der Waals surface area contributed by atoms with Crippen molar-refractivity contribution in [1.29, 1.82) is 0 Å². The topological polar surface area (TPSA) is 151 Å². The van der Waals surface area contributed by atoms with Gasteiger partial charge in [0.15, 0.2) is 5.16 Å². The molecule has 32 heavy (non-hydrogen) atoms. The molecule has 0 saturated heterocycles. The number of hydrogen-bond acceptors (Lipinski definition) is 8. The highest BCUT2D eigenvalue weighted by Crippen LogP contribution is 2.14. The molecule has 3 N–H and O–H groups in total. The van der Waals surface area contributed by atoms with Crippen molar-refractivity contribution >= 4 is 39.4 Å². The zero-order valence-electron chi connectivity index (χ0n) is 18.0. The molecule has 0 saturated carbocycles. The Morgan fingerprint density at radius 3 is 2.34 bits per heavy atom. The summed E-state index contributed by atoms with van der Waals surface area (Å²) in [6, 6.07) is 7.85. The van der Waals surface area contributed by atoms with E-state index in [-0.39, 0.29) is 35.9 Å². The molecule has 0 aliphatic rings. The minimum Gasteiger partial charge on any atom is -0.481 e. The number of carboxylic acid groups (broad SMARTS) is 1. The van der Waals surface area contributed by atoms with Crippen molar-refractivity contribution < 1.29 is 23.1 Å². The number of benzene rings is 1. The van der Waals surface area contributed by atoms with Crippen LogP contribution in [0.5, 0.6) is 0 Å². The molecule has 172 valence electrons. The Labute approximate surface area is 191 Å². The lowest BCUT2D eigenvalue weighted by Crippen LogP contribution is -2.25. The third-order valence-electron chi connectivity index (χ3n) is 4.08. The number of carbonyl (C=O) groups excluding carboxylic acids is 1. The molecule has 2 aromatic rings. The van der Waals surface area contributed by atoms with E-state index in [1.54, 1.807) is 19.1 Å². The second kappa shape index (κ2) is 11.7. The van der Waals surface area contributed by atoms with Crippen LogP contribution in [0.15, 0.2) is 45.5 Å². The Morgan fingerprint density at radius 2 is 1.75 bits per heavy atom. The van der Waals surface area contributed by atoms with Crippen LogP contribution in [0.3, 0.4) is 0 Å². The normalized spacial score (nSPS) is 11.9. The van der Waals surface area contributed by atoms with Gasteiger partial charge < -0.3 is 5.11 Å². The summed E-state index contributed by atoms with van der Waals surface area (Å²) in [5.41, 5.74) is 5.26. The van der Waals surface area contributed by atoms with Crippen molar-refractivity contribution in [2.75, 3.05) is 12.3 Å². The minimum atomic E-state index is -3.73. The van der Waals surface area contributed by atoms with Crippen molar-refractivity contribution in [1.82, 2.24) is 20.1 Å². The lowest BCUT2D eigenvalue weighted by molar-refractivity contribution is -0.137. The first-order valence-corrected chi connectivity index (χ1v) is 12.1. The van der Waals surface area contributed by atoms with Gasteiger partial charge in [-0.2, -0.15) is 5.10 Å². The van der Waals surface area contributed by atoms with Gasteiger partial charge in [0.05, 0.1) is 16.4 Å². The van der Waals surface area contributed by atoms with E-state index in [0.717, 1.165) is 11.4 Å². The van der Waals surface area contributed by atoms with Crippen LogP contribution in [-0.4, -0.2) is 53.4 Å². The molecule has 1 aromatic heterocycles. The van der Waals surface area contributed by atoms with E-state index in [1.807, 2.05) is 19.9 Å². The first-order chi connectivity index (χ1) is 15.1. The molecule has 0 aliphatic heterocycles. The van der Waals surface area contributed by atoms with Gasteiger partial charge in [-0.1, -0.05) is 23.9 Å². The number of nitrogens with one attached hydrogen (secondary N) is 2. The molecule has 12 heteroatoms. The SMILES string of the molecule is C/C(=N\NC(=O)CSc1nc(C)cc(C)n1)c1ccc(S(=O)(=O)NCCCC(=O)O)cc1. The lowest BCUT2D eigenvalue weighted by Gasteiger charge is -2.07. The third kappa shape index (κ3) is 8.36. The average molecular weight is 480 g/mol. The second-order valence-corrected chi connectivity index (χ2v) is 9.58. The fraction of sp³-hybridized carbons (Fsp3) is 0.350. The Balaban J connectivity index is 1.89. The summed E-state index contributed by atoms with van der Waals surface area (Å²) in [5, 5.41) is 13.2. The molecule has 0 fully saturated rings. The number of rotatable bonds is 11. The first-order valence-electron chi connectivity index (χ1n) is 9.67. The van der Waals surface area contributed by atoms with E-state index in [2.05, 4.69) is 25.2 Å². The molecule has 0 aliphatic carbocycles. The first kappa shape index (κ1) is 25.4. The number of hydrogen-bond donors (Lipinski definition) is 3. The zero-order chi connectivity index (χ0) is 23.7. The molecule has 0 spiro atoms. The van der Waals surface area contributed by atoms with Gasteiger partial charge in [0, 0.05) is 24.4 Å². The maximum absolute atomic E-state index is 12.2. The Hall–Kier alpha value is -2.83. The van der Waals surface area contributed by atoms with Gasteiger partial charge in [0.1, 0.15) is 0 Å². The number of aliphatic carboxylic acids is 1. The second-order valence-electron chi connectivity index (χ2n) is 6.87. The molecular weight excluding hydrogens is 454 g/mol. The number of amides is 1. The largest absolute Gasteiger partial charge is 0.481 e. The Kier molecular flexibility index (Phi) is 9.29. The van der Waals surface area contributed by atoms with Crippen LogP contribution in [0.4, 0.5) is 0 Å². The van der Waals surface area contributed by atoms with Crippen molar-refractivity contribution in [3.63, 3.8) is 0 Å². The predicted octanol–water partition coefficient (Wildman–Crippen LogP) is 1.87. The van der Waals surface area contributed by atoms with Crippen LogP contribution in [-0.2, 0) is 19.6 Å². The summed E-state index contributed by atoms with van der Waals surface area (Å²) in [6.45, 7) is 5.44. The molecule has 2 rings (SSSR count). The van der Waals surface area contributed by atoms with Crippen LogP contribution >= 0.6 is 11.8 Å². The lowest BCUT2D eigenvalue weighted by atomic mass is 10.1. The summed E-state index contributed by atoms with van der Waals surface area (Å²) < 4.78 is 26.9. The smallest absolute Gasteiger partial charge is 0.303 e. The van der Waals surface area contributed by atoms with Gasteiger partial charge in [0.2, 0.25) is 10.0 Å². The van der Waals surface area contributed by atoms with E-state index in [4.69, 9.17) is 5.11 Å². The number of aryl methyl sites for hydroxylation is 2. The number of sulfonamides is 1. The predicted molar refractivity (Wildman–Crippen MR) is 121 cm³/mol. The van der Waals surface area contributed by atoms with Gasteiger partial charge in [0.25, 0.3) is 5.91 Å². The molecule has 0 radical (unpaired) electrons. The number of hydrazone groups is 1. The van der Waals surface area contributed by atoms with Gasteiger partial charge in [-0.25, -0.2) is 28.5 Å². The van der Waals surface area contributed by atoms with Crippen molar-refractivity contribution in [3.05, 3.63) is 47.3 Å². The maximum Gasteiger partial charge on any atom is 0.303 e. The van der Waals surface area contributed by atoms with Gasteiger partial charge in [-0.3, -0.25) is 9.59 Å². The third-order valence-corrected chi connectivity index (χ3v) is 6.41. The van der Waals surface area contributed by atoms with Crippen molar-refractivity contribution in [2.24, 2.45) is 5.10 Å². The average Bonchev–Trinajstić information content (AvgIpc) is 2.73. The van der Waals surface area contributed by atoms with Gasteiger partial charge >= 0.3 is 5.97 Å². The van der Waals surface area contributed by atoms with E-state index in [0.29, 0.717) is 16.4 Å². The Bertz CT molecular complexity index is 1080. The fourth-order valence-electron chi connectivity index (χ4n) is 2.54. The summed E-state index contributed by atoms with van der Waals surface area (Å²) >= 11 is 1.21. The van der Waals surface area contributed by atoms with Crippen LogP contribution in [0.1, 0.15) is 36.7 Å². The van der Waals surface area contributed by atoms with Crippen molar-refractivity contribution in [2.45, 2.75) is 43.7 Å². The van der Waals surface area contributed by atoms with E-state index < -0.39 is 16.0 Å². The summed E-state index contributed by atoms with van der Waals surface area (Å²) in [4.78, 5) is 31.1. The van der Waals surface area contributed by atoms with Crippen LogP contribution in [0.25, 0.3) is 0 Å². The molecule has 1 heterocycles. The number of aromatic nitrogens is 2. The molecule has 0 unspecified atom stereocenters. The fourth-order valence-corrected chi connectivity index (χ4v) is 4.35. The number of carbonyl (C=O) groups is 2. The van der Waals surface area contributed by atoms with E-state index >= 15 is 0 Å². The summed E-state index contributed by atoms with van der Waals surface area (Å²) in [5.74, 6) is -1.20. The monoisotopic (exact) mass is 479 g/mol. The van der Waals surface area contributed by atoms with E-state index in [9.17, 15) is 18.0 Å². The highest BCUT2D eigenvalue weighted by molar-refractivity contribution is 7.99. The molecule has 10 nitrogen and oxygen atoms in total. The highest BCUT2D eigenvalue weighted by atomic mass is 32.2. The highest BCUT2D eigenvalue weighted by Gasteiger charge is 2.14. The summed E-state index contributed by atoms with van der Waals surface area (Å²) in [7, 11) is -3.73. The minimum absolute atomic E-state index is 0.0358. The standard InChI is InChI=1S/C20H25N5O5S2/c1-13-11-14(2)23-20(22-13)31-12-18(26)25-24-15(3)16-6-8-17(9-7-16)32(29,30)21-10-4-5-19(27)28/h6-9,11,21H,4-5,10,12H2,1-3H3,(H,25,26)(H,27,28)/b24-15+. The van der Waals surface area contributed by atoms with Gasteiger partial charge in [-0.15, -0.1) is 0 Å². The van der Waals surface area contributed by atoms with Crippen LogP contribution < -0.4 is 10.1 Å². The van der Waals surface area contributed by atoms with Crippen LogP contribution in [0.2, 0.25) is 0 Å². The number of nitrogens with zero attached hydrogens (tertiary/aromatic N) is 3. The maximum atomic E-state index is 12.2. The van der Waals surface area contributed by atoms with Crippen molar-refractivity contribution in [3.8, 4) is 0 Å². The van der Waals surface area contributed by atoms with Gasteiger partial charge in [-0.05, 0) is 51.0 Å². The summed E-state index contributed by atoms with van der Waals surface area (Å²) in [6.07, 6.45) is 0.0883. The molecule has 0 bridgehead atoms. The Morgan fingerprint density at radius 1 is 1.12 bits per heavy atom. The molecular formula is C20H25N5O5S2. The quantitative estimate of drug-likeness (QED) is 0.145. The van der Waals surface area contributed by atoms with Crippen LogP contribution in [0, 0.1) is 13.8 Å². The molecule has 1 amide bonds. The van der Waals surface area contributed by atoms with E-state index in [1.165, 1.54) is 23.9 Å². The molecule has 0 atom stereocenters.